The van der Waals surface area contributed by atoms with Crippen LogP contribution in [0.15, 0.2) is 66.0 Å². The minimum Gasteiger partial charge on any atom is -0.368 e. The number of hydrogen-bond donors (Lipinski definition) is 1. The van der Waals surface area contributed by atoms with Gasteiger partial charge < -0.3 is 15.1 Å². The van der Waals surface area contributed by atoms with Crippen molar-refractivity contribution in [1.82, 2.24) is 0 Å². The van der Waals surface area contributed by atoms with Crippen LogP contribution in [0, 0.1) is 5.82 Å². The van der Waals surface area contributed by atoms with E-state index in [0.717, 1.165) is 43.2 Å². The Morgan fingerprint density at radius 2 is 1.41 bits per heavy atom. The van der Waals surface area contributed by atoms with E-state index in [4.69, 9.17) is 0 Å². The van der Waals surface area contributed by atoms with E-state index in [1.807, 2.05) is 53.9 Å². The molecule has 4 rings (SSSR count). The lowest BCUT2D eigenvalue weighted by Gasteiger charge is -2.37. The van der Waals surface area contributed by atoms with Gasteiger partial charge in [-0.3, -0.25) is 4.79 Å². The number of hydrogen-bond acceptors (Lipinski definition) is 4. The second-order valence-corrected chi connectivity index (χ2v) is 7.38. The molecule has 1 fully saturated rings. The van der Waals surface area contributed by atoms with E-state index in [0.29, 0.717) is 4.88 Å². The van der Waals surface area contributed by atoms with Gasteiger partial charge >= 0.3 is 0 Å². The second-order valence-electron chi connectivity index (χ2n) is 6.43. The smallest absolute Gasteiger partial charge is 0.265 e. The number of thiophene rings is 1. The van der Waals surface area contributed by atoms with Crippen molar-refractivity contribution in [3.05, 3.63) is 76.7 Å². The van der Waals surface area contributed by atoms with Gasteiger partial charge in [-0.2, -0.15) is 0 Å². The van der Waals surface area contributed by atoms with Crippen molar-refractivity contribution in [3.8, 4) is 0 Å². The van der Waals surface area contributed by atoms with Crippen LogP contribution in [0.1, 0.15) is 9.67 Å². The third-order valence-electron chi connectivity index (χ3n) is 4.71. The molecule has 0 bridgehead atoms. The molecule has 2 heterocycles. The SMILES string of the molecule is O=C(Nc1ccc(N2CCN(c3ccc(F)cc3)CC2)cc1)c1cccs1. The molecule has 0 aliphatic carbocycles. The van der Waals surface area contributed by atoms with Crippen molar-refractivity contribution < 1.29 is 9.18 Å². The number of nitrogens with zero attached hydrogens (tertiary/aromatic N) is 2. The highest BCUT2D eigenvalue weighted by atomic mass is 32.1. The normalized spacial score (nSPS) is 14.3. The Balaban J connectivity index is 1.34. The molecule has 138 valence electrons. The third kappa shape index (κ3) is 4.11. The molecule has 1 aliphatic rings. The van der Waals surface area contributed by atoms with Gasteiger partial charge in [-0.05, 0) is 60.0 Å². The number of halogens is 1. The van der Waals surface area contributed by atoms with Crippen LogP contribution in [0.2, 0.25) is 0 Å². The summed E-state index contributed by atoms with van der Waals surface area (Å²) in [6.45, 7) is 3.58. The number of benzene rings is 2. The molecular weight excluding hydrogens is 361 g/mol. The lowest BCUT2D eigenvalue weighted by Crippen LogP contribution is -2.46. The van der Waals surface area contributed by atoms with Crippen LogP contribution in [0.25, 0.3) is 0 Å². The Hall–Kier alpha value is -2.86. The van der Waals surface area contributed by atoms with E-state index in [1.165, 1.54) is 23.5 Å². The van der Waals surface area contributed by atoms with Gasteiger partial charge in [0, 0.05) is 43.2 Å². The summed E-state index contributed by atoms with van der Waals surface area (Å²) in [5.74, 6) is -0.283. The van der Waals surface area contributed by atoms with Crippen molar-refractivity contribution in [3.63, 3.8) is 0 Å². The standard InChI is InChI=1S/C21H20FN3OS/c22-16-3-7-18(8-4-16)24-11-13-25(14-12-24)19-9-5-17(6-10-19)23-21(26)20-2-1-15-27-20/h1-10,15H,11-14H2,(H,23,26). The monoisotopic (exact) mass is 381 g/mol. The minimum absolute atomic E-state index is 0.0781. The summed E-state index contributed by atoms with van der Waals surface area (Å²) < 4.78 is 13.1. The number of rotatable bonds is 4. The maximum absolute atomic E-state index is 13.1. The molecule has 6 heteroatoms. The molecule has 3 aromatic rings. The lowest BCUT2D eigenvalue weighted by molar-refractivity contribution is 0.103. The average molecular weight is 381 g/mol. The lowest BCUT2D eigenvalue weighted by atomic mass is 10.2. The first-order valence-electron chi connectivity index (χ1n) is 8.89. The van der Waals surface area contributed by atoms with Crippen molar-refractivity contribution in [2.24, 2.45) is 0 Å². The van der Waals surface area contributed by atoms with E-state index in [1.54, 1.807) is 0 Å². The quantitative estimate of drug-likeness (QED) is 0.724. The highest BCUT2D eigenvalue weighted by molar-refractivity contribution is 7.12. The highest BCUT2D eigenvalue weighted by Crippen LogP contribution is 2.23. The van der Waals surface area contributed by atoms with E-state index >= 15 is 0 Å². The Morgan fingerprint density at radius 1 is 0.852 bits per heavy atom. The van der Waals surface area contributed by atoms with Crippen LogP contribution >= 0.6 is 11.3 Å². The first kappa shape index (κ1) is 17.5. The Labute approximate surface area is 161 Å². The van der Waals surface area contributed by atoms with Gasteiger partial charge in [-0.1, -0.05) is 6.07 Å². The van der Waals surface area contributed by atoms with Gasteiger partial charge in [0.1, 0.15) is 5.82 Å². The fourth-order valence-electron chi connectivity index (χ4n) is 3.23. The number of anilines is 3. The predicted octanol–water partition coefficient (Wildman–Crippen LogP) is 4.47. The molecular formula is C21H20FN3OS. The molecule has 0 radical (unpaired) electrons. The second kappa shape index (κ2) is 7.80. The van der Waals surface area contributed by atoms with Crippen LogP contribution in [0.3, 0.4) is 0 Å². The molecule has 0 atom stereocenters. The maximum atomic E-state index is 13.1. The zero-order valence-corrected chi connectivity index (χ0v) is 15.6. The molecule has 4 nitrogen and oxygen atoms in total. The average Bonchev–Trinajstić information content (AvgIpc) is 3.24. The number of carbonyl (C=O) groups excluding carboxylic acids is 1. The van der Waals surface area contributed by atoms with Gasteiger partial charge in [0.05, 0.1) is 4.88 Å². The van der Waals surface area contributed by atoms with E-state index in [-0.39, 0.29) is 11.7 Å². The summed E-state index contributed by atoms with van der Waals surface area (Å²) >= 11 is 1.43. The molecule has 2 aromatic carbocycles. The van der Waals surface area contributed by atoms with E-state index in [9.17, 15) is 9.18 Å². The van der Waals surface area contributed by atoms with Crippen molar-refractivity contribution in [2.75, 3.05) is 41.3 Å². The first-order valence-corrected chi connectivity index (χ1v) is 9.77. The van der Waals surface area contributed by atoms with Crippen molar-refractivity contribution >= 4 is 34.3 Å². The Kier molecular flexibility index (Phi) is 5.07. The molecule has 27 heavy (non-hydrogen) atoms. The third-order valence-corrected chi connectivity index (χ3v) is 5.58. The van der Waals surface area contributed by atoms with Crippen LogP contribution in [0.4, 0.5) is 21.5 Å². The van der Waals surface area contributed by atoms with Gasteiger partial charge in [0.15, 0.2) is 0 Å². The number of amides is 1. The van der Waals surface area contributed by atoms with E-state index < -0.39 is 0 Å². The molecule has 1 saturated heterocycles. The molecule has 0 saturated carbocycles. The van der Waals surface area contributed by atoms with Gasteiger partial charge in [-0.15, -0.1) is 11.3 Å². The number of nitrogens with one attached hydrogen (secondary N) is 1. The fourth-order valence-corrected chi connectivity index (χ4v) is 3.85. The molecule has 1 aromatic heterocycles. The van der Waals surface area contributed by atoms with Gasteiger partial charge in [0.25, 0.3) is 5.91 Å². The summed E-state index contributed by atoms with van der Waals surface area (Å²) in [5.41, 5.74) is 2.99. The Bertz CT molecular complexity index is 886. The zero-order chi connectivity index (χ0) is 18.6. The molecule has 0 unspecified atom stereocenters. The van der Waals surface area contributed by atoms with Crippen molar-refractivity contribution in [1.29, 1.82) is 0 Å². The topological polar surface area (TPSA) is 35.6 Å². The summed E-state index contributed by atoms with van der Waals surface area (Å²) in [5, 5.41) is 4.81. The van der Waals surface area contributed by atoms with Crippen LogP contribution in [-0.2, 0) is 0 Å². The predicted molar refractivity (Wildman–Crippen MR) is 110 cm³/mol. The fraction of sp³-hybridized carbons (Fsp3) is 0.190. The van der Waals surface area contributed by atoms with Crippen molar-refractivity contribution in [2.45, 2.75) is 0 Å². The minimum atomic E-state index is -0.205. The summed E-state index contributed by atoms with van der Waals surface area (Å²) in [7, 11) is 0. The van der Waals surface area contributed by atoms with Gasteiger partial charge in [0.2, 0.25) is 0 Å². The Morgan fingerprint density at radius 3 is 1.93 bits per heavy atom. The molecule has 1 aliphatic heterocycles. The molecule has 1 N–H and O–H groups in total. The maximum Gasteiger partial charge on any atom is 0.265 e. The van der Waals surface area contributed by atoms with Crippen LogP contribution in [-0.4, -0.2) is 32.1 Å². The summed E-state index contributed by atoms with van der Waals surface area (Å²) in [6, 6.07) is 18.3. The first-order chi connectivity index (χ1) is 13.2. The van der Waals surface area contributed by atoms with Crippen LogP contribution in [0.5, 0.6) is 0 Å². The molecule has 1 amide bonds. The highest BCUT2D eigenvalue weighted by Gasteiger charge is 2.17. The number of carbonyl (C=O) groups is 1. The number of piperazine rings is 1. The molecule has 0 spiro atoms. The zero-order valence-electron chi connectivity index (χ0n) is 14.8. The summed E-state index contributed by atoms with van der Waals surface area (Å²) in [6.07, 6.45) is 0. The largest absolute Gasteiger partial charge is 0.368 e. The summed E-state index contributed by atoms with van der Waals surface area (Å²) in [4.78, 5) is 17.4. The van der Waals surface area contributed by atoms with Gasteiger partial charge in [-0.25, -0.2) is 4.39 Å². The van der Waals surface area contributed by atoms with Crippen LogP contribution < -0.4 is 15.1 Å². The van der Waals surface area contributed by atoms with E-state index in [2.05, 4.69) is 15.1 Å².